The zero-order chi connectivity index (χ0) is 22.0. The standard InChI is InChI=1S/C23H32O6/c1-16(2)21(26)28-14-19(24)12-23(5,11-18-9-7-6-8-10-18)13-20(25)15-29-22(27)17(3)4/h6-10,19-20,24-25H,1,3,11-15H2,2,4-5H3. The Balaban J connectivity index is 2.79. The molecule has 2 N–H and O–H groups in total. The van der Waals surface area contributed by atoms with Crippen LogP contribution in [0.3, 0.4) is 0 Å². The zero-order valence-electron chi connectivity index (χ0n) is 17.5. The number of hydrogen-bond donors (Lipinski definition) is 2. The normalized spacial score (nSPS) is 14.9. The second-order valence-electron chi connectivity index (χ2n) is 7.95. The van der Waals surface area contributed by atoms with Crippen LogP contribution in [0.15, 0.2) is 54.6 Å². The van der Waals surface area contributed by atoms with Gasteiger partial charge in [0.05, 0.1) is 12.2 Å². The molecule has 0 radical (unpaired) electrons. The van der Waals surface area contributed by atoms with Gasteiger partial charge in [0.25, 0.3) is 0 Å². The van der Waals surface area contributed by atoms with Gasteiger partial charge in [0, 0.05) is 11.1 Å². The average Bonchev–Trinajstić information content (AvgIpc) is 2.64. The van der Waals surface area contributed by atoms with E-state index in [-0.39, 0.29) is 37.2 Å². The van der Waals surface area contributed by atoms with Crippen LogP contribution in [-0.4, -0.2) is 47.6 Å². The van der Waals surface area contributed by atoms with Crippen LogP contribution in [0.25, 0.3) is 0 Å². The largest absolute Gasteiger partial charge is 0.460 e. The summed E-state index contributed by atoms with van der Waals surface area (Å²) in [5.41, 5.74) is 1.05. The Morgan fingerprint density at radius 3 is 1.72 bits per heavy atom. The summed E-state index contributed by atoms with van der Waals surface area (Å²) in [4.78, 5) is 23.1. The molecule has 0 bridgehead atoms. The lowest BCUT2D eigenvalue weighted by molar-refractivity contribution is -0.143. The lowest BCUT2D eigenvalue weighted by atomic mass is 9.75. The van der Waals surface area contributed by atoms with Crippen LogP contribution in [0.2, 0.25) is 0 Å². The molecular weight excluding hydrogens is 372 g/mol. The van der Waals surface area contributed by atoms with Crippen molar-refractivity contribution in [3.63, 3.8) is 0 Å². The number of esters is 2. The van der Waals surface area contributed by atoms with Crippen LogP contribution in [0.5, 0.6) is 0 Å². The second kappa shape index (κ2) is 11.5. The van der Waals surface area contributed by atoms with Gasteiger partial charge in [0.15, 0.2) is 0 Å². The molecule has 1 rings (SSSR count). The van der Waals surface area contributed by atoms with Crippen LogP contribution in [0.4, 0.5) is 0 Å². The van der Waals surface area contributed by atoms with Gasteiger partial charge in [-0.1, -0.05) is 50.4 Å². The summed E-state index contributed by atoms with van der Waals surface area (Å²) in [5, 5.41) is 20.8. The van der Waals surface area contributed by atoms with E-state index in [1.54, 1.807) is 0 Å². The molecule has 0 aliphatic heterocycles. The third-order valence-electron chi connectivity index (χ3n) is 4.44. The van der Waals surface area contributed by atoms with Crippen LogP contribution < -0.4 is 0 Å². The van der Waals surface area contributed by atoms with Crippen molar-refractivity contribution >= 4 is 11.9 Å². The second-order valence-corrected chi connectivity index (χ2v) is 7.95. The summed E-state index contributed by atoms with van der Waals surface area (Å²) >= 11 is 0. The molecule has 160 valence electrons. The van der Waals surface area contributed by atoms with Crippen molar-refractivity contribution in [3.8, 4) is 0 Å². The molecule has 6 heteroatoms. The highest BCUT2D eigenvalue weighted by atomic mass is 16.5. The van der Waals surface area contributed by atoms with Gasteiger partial charge in [0.2, 0.25) is 0 Å². The Morgan fingerprint density at radius 2 is 1.34 bits per heavy atom. The Labute approximate surface area is 172 Å². The van der Waals surface area contributed by atoms with Gasteiger partial charge in [0.1, 0.15) is 13.2 Å². The molecule has 0 spiro atoms. The lowest BCUT2D eigenvalue weighted by Gasteiger charge is -2.33. The lowest BCUT2D eigenvalue weighted by Crippen LogP contribution is -2.34. The minimum Gasteiger partial charge on any atom is -0.460 e. The summed E-state index contributed by atoms with van der Waals surface area (Å²) in [6.45, 7) is 11.7. The summed E-state index contributed by atoms with van der Waals surface area (Å²) in [6.07, 6.45) is -0.646. The predicted molar refractivity (Wildman–Crippen MR) is 111 cm³/mol. The number of aliphatic hydroxyl groups excluding tert-OH is 2. The van der Waals surface area contributed by atoms with E-state index in [1.165, 1.54) is 13.8 Å². The third-order valence-corrected chi connectivity index (χ3v) is 4.44. The van der Waals surface area contributed by atoms with Gasteiger partial charge in [-0.3, -0.25) is 0 Å². The molecule has 0 aliphatic rings. The maximum Gasteiger partial charge on any atom is 0.333 e. The fraction of sp³-hybridized carbons (Fsp3) is 0.478. The first-order valence-electron chi connectivity index (χ1n) is 9.58. The molecule has 2 atom stereocenters. The minimum absolute atomic E-state index is 0.156. The molecule has 0 aliphatic carbocycles. The average molecular weight is 405 g/mol. The number of benzene rings is 1. The number of hydrogen-bond acceptors (Lipinski definition) is 6. The first-order valence-corrected chi connectivity index (χ1v) is 9.58. The molecule has 6 nitrogen and oxygen atoms in total. The molecule has 1 aromatic rings. The Bertz CT molecular complexity index is 671. The van der Waals surface area contributed by atoms with E-state index in [9.17, 15) is 19.8 Å². The smallest absolute Gasteiger partial charge is 0.333 e. The molecule has 0 saturated carbocycles. The van der Waals surface area contributed by atoms with E-state index in [1.807, 2.05) is 37.3 Å². The van der Waals surface area contributed by atoms with Crippen molar-refractivity contribution in [1.29, 1.82) is 0 Å². The van der Waals surface area contributed by atoms with Crippen LogP contribution in [0.1, 0.15) is 39.2 Å². The highest BCUT2D eigenvalue weighted by Gasteiger charge is 2.31. The highest BCUT2D eigenvalue weighted by molar-refractivity contribution is 5.87. The Hall–Kier alpha value is -2.44. The summed E-state index contributed by atoms with van der Waals surface area (Å²) < 4.78 is 10.1. The molecule has 0 aromatic heterocycles. The maximum absolute atomic E-state index is 11.6. The van der Waals surface area contributed by atoms with Crippen molar-refractivity contribution in [1.82, 2.24) is 0 Å². The van der Waals surface area contributed by atoms with E-state index in [0.29, 0.717) is 6.42 Å². The molecule has 29 heavy (non-hydrogen) atoms. The molecule has 0 heterocycles. The van der Waals surface area contributed by atoms with E-state index in [4.69, 9.17) is 9.47 Å². The fourth-order valence-corrected chi connectivity index (χ4v) is 3.16. The van der Waals surface area contributed by atoms with Gasteiger partial charge in [-0.25, -0.2) is 9.59 Å². The van der Waals surface area contributed by atoms with Crippen LogP contribution in [0, 0.1) is 5.41 Å². The number of rotatable bonds is 12. The van der Waals surface area contributed by atoms with Gasteiger partial charge in [-0.15, -0.1) is 0 Å². The SMILES string of the molecule is C=C(C)C(=O)OCC(O)CC(C)(Cc1ccccc1)CC(O)COC(=O)C(=C)C. The van der Waals surface area contributed by atoms with E-state index >= 15 is 0 Å². The molecular formula is C23H32O6. The van der Waals surface area contributed by atoms with E-state index < -0.39 is 29.6 Å². The maximum atomic E-state index is 11.6. The van der Waals surface area contributed by atoms with Gasteiger partial charge in [-0.2, -0.15) is 0 Å². The summed E-state index contributed by atoms with van der Waals surface area (Å²) in [7, 11) is 0. The first-order chi connectivity index (χ1) is 13.5. The molecule has 0 fully saturated rings. The Kier molecular flexibility index (Phi) is 9.78. The topological polar surface area (TPSA) is 93.1 Å². The monoisotopic (exact) mass is 404 g/mol. The number of carbonyl (C=O) groups excluding carboxylic acids is 2. The quantitative estimate of drug-likeness (QED) is 0.411. The van der Waals surface area contributed by atoms with Crippen LogP contribution in [-0.2, 0) is 25.5 Å². The summed E-state index contributed by atoms with van der Waals surface area (Å²) in [6, 6.07) is 9.70. The third kappa shape index (κ3) is 9.54. The fourth-order valence-electron chi connectivity index (χ4n) is 3.16. The molecule has 0 saturated heterocycles. The predicted octanol–water partition coefficient (Wildman–Crippen LogP) is 2.98. The van der Waals surface area contributed by atoms with E-state index in [2.05, 4.69) is 13.2 Å². The zero-order valence-corrected chi connectivity index (χ0v) is 17.5. The number of carbonyl (C=O) groups is 2. The van der Waals surface area contributed by atoms with E-state index in [0.717, 1.165) is 5.56 Å². The minimum atomic E-state index is -0.905. The van der Waals surface area contributed by atoms with Gasteiger partial charge in [-0.05, 0) is 44.1 Å². The van der Waals surface area contributed by atoms with Gasteiger partial charge < -0.3 is 19.7 Å². The van der Waals surface area contributed by atoms with Crippen molar-refractivity contribution in [2.75, 3.05) is 13.2 Å². The summed E-state index contributed by atoms with van der Waals surface area (Å²) in [5.74, 6) is -1.11. The number of ether oxygens (including phenoxy) is 2. The van der Waals surface area contributed by atoms with Crippen LogP contribution >= 0.6 is 0 Å². The van der Waals surface area contributed by atoms with Gasteiger partial charge >= 0.3 is 11.9 Å². The number of aliphatic hydroxyl groups is 2. The molecule has 1 aromatic carbocycles. The Morgan fingerprint density at radius 1 is 0.931 bits per heavy atom. The highest BCUT2D eigenvalue weighted by Crippen LogP contribution is 2.34. The first kappa shape index (κ1) is 24.6. The van der Waals surface area contributed by atoms with Crippen molar-refractivity contribution < 1.29 is 29.3 Å². The van der Waals surface area contributed by atoms with Crippen molar-refractivity contribution in [2.45, 2.75) is 52.2 Å². The molecule has 0 amide bonds. The van der Waals surface area contributed by atoms with Crippen molar-refractivity contribution in [2.24, 2.45) is 5.41 Å². The van der Waals surface area contributed by atoms with Crippen molar-refractivity contribution in [3.05, 3.63) is 60.2 Å². The molecule has 2 unspecified atom stereocenters.